The fourth-order valence-corrected chi connectivity index (χ4v) is 10.4. The number of hydrogen-bond acceptors (Lipinski definition) is 3. The van der Waals surface area contributed by atoms with Gasteiger partial charge in [-0.25, -0.2) is 0 Å². The summed E-state index contributed by atoms with van der Waals surface area (Å²) in [5.41, 5.74) is 7.10. The van der Waals surface area contributed by atoms with E-state index in [9.17, 15) is 0 Å². The summed E-state index contributed by atoms with van der Waals surface area (Å²) in [4.78, 5) is 2.53. The van der Waals surface area contributed by atoms with Crippen LogP contribution >= 0.6 is 22.7 Å². The number of anilines is 3. The lowest BCUT2D eigenvalue weighted by molar-refractivity contribution is 1.18. The highest BCUT2D eigenvalue weighted by molar-refractivity contribution is 7.27. The molecular formula is C46H28N2S2. The molecule has 0 saturated heterocycles. The molecule has 0 saturated carbocycles. The zero-order valence-electron chi connectivity index (χ0n) is 26.9. The van der Waals surface area contributed by atoms with Crippen LogP contribution in [0, 0.1) is 0 Å². The Labute approximate surface area is 296 Å². The van der Waals surface area contributed by atoms with E-state index in [1.54, 1.807) is 0 Å². The van der Waals surface area contributed by atoms with Crippen LogP contribution in [0.4, 0.5) is 17.1 Å². The SMILES string of the molecule is c1ccc(-n2c3ccccc3c3cc(N(c4cccc5sc6ccccc6c45)c4cccc5sc6c7ccccc7ccc6c45)ccc32)cc1. The van der Waals surface area contributed by atoms with Crippen molar-refractivity contribution in [3.63, 3.8) is 0 Å². The van der Waals surface area contributed by atoms with Gasteiger partial charge in [-0.05, 0) is 77.5 Å². The largest absolute Gasteiger partial charge is 0.309 e. The first-order chi connectivity index (χ1) is 24.8. The fraction of sp³-hybridized carbons (Fsp3) is 0. The summed E-state index contributed by atoms with van der Waals surface area (Å²) in [6.45, 7) is 0. The molecule has 0 unspecified atom stereocenters. The fourth-order valence-electron chi connectivity index (χ4n) is 8.03. The van der Waals surface area contributed by atoms with Crippen molar-refractivity contribution in [2.75, 3.05) is 4.90 Å². The van der Waals surface area contributed by atoms with Gasteiger partial charge in [0.2, 0.25) is 0 Å². The Bertz CT molecular complexity index is 3110. The third-order valence-electron chi connectivity index (χ3n) is 10.2. The Morgan fingerprint density at radius 3 is 1.88 bits per heavy atom. The molecule has 0 bridgehead atoms. The number of hydrogen-bond donors (Lipinski definition) is 0. The van der Waals surface area contributed by atoms with Gasteiger partial charge in [-0.1, -0.05) is 103 Å². The van der Waals surface area contributed by atoms with E-state index in [0.29, 0.717) is 0 Å². The van der Waals surface area contributed by atoms with Crippen molar-refractivity contribution in [3.05, 3.63) is 170 Å². The second-order valence-corrected chi connectivity index (χ2v) is 15.0. The maximum Gasteiger partial charge on any atom is 0.0555 e. The molecule has 11 aromatic rings. The second kappa shape index (κ2) is 10.8. The number of benzene rings is 8. The predicted octanol–water partition coefficient (Wildman–Crippen LogP) is 14.1. The van der Waals surface area contributed by atoms with E-state index in [1.165, 1.54) is 90.0 Å². The second-order valence-electron chi connectivity index (χ2n) is 12.9. The van der Waals surface area contributed by atoms with Crippen molar-refractivity contribution in [1.29, 1.82) is 0 Å². The highest BCUT2D eigenvalue weighted by atomic mass is 32.1. The molecule has 0 aliphatic carbocycles. The zero-order chi connectivity index (χ0) is 32.8. The normalized spacial score (nSPS) is 12.0. The number of nitrogens with zero attached hydrogens (tertiary/aromatic N) is 2. The molecule has 0 fully saturated rings. The Morgan fingerprint density at radius 2 is 1.04 bits per heavy atom. The average Bonchev–Trinajstić information content (AvgIpc) is 3.86. The van der Waals surface area contributed by atoms with E-state index >= 15 is 0 Å². The van der Waals surface area contributed by atoms with Crippen molar-refractivity contribution in [2.45, 2.75) is 0 Å². The summed E-state index contributed by atoms with van der Waals surface area (Å²) in [7, 11) is 0. The minimum atomic E-state index is 1.14. The van der Waals surface area contributed by atoms with Crippen LogP contribution in [0.2, 0.25) is 0 Å². The maximum atomic E-state index is 2.53. The molecule has 0 N–H and O–H groups in total. The van der Waals surface area contributed by atoms with Gasteiger partial charge in [-0.15, -0.1) is 22.7 Å². The topological polar surface area (TPSA) is 8.17 Å². The Kier molecular flexibility index (Phi) is 6.03. The van der Waals surface area contributed by atoms with Crippen molar-refractivity contribution in [1.82, 2.24) is 4.57 Å². The molecule has 0 aliphatic heterocycles. The van der Waals surface area contributed by atoms with Crippen LogP contribution in [-0.2, 0) is 0 Å². The number of fused-ring (bicyclic) bond motifs is 11. The third kappa shape index (κ3) is 4.01. The molecule has 11 rings (SSSR count). The zero-order valence-corrected chi connectivity index (χ0v) is 28.5. The summed E-state index contributed by atoms with van der Waals surface area (Å²) < 4.78 is 7.63. The van der Waals surface area contributed by atoms with E-state index in [2.05, 4.69) is 179 Å². The van der Waals surface area contributed by atoms with Crippen LogP contribution in [0.3, 0.4) is 0 Å². The standard InChI is InChI=1S/C46H28N2S2/c1-2-13-30(14-3-1)47-37-18-8-6-16-33(37)36-28-31(25-27-38(36)47)48(39-19-10-22-42-44(39)34-17-7-9-21-41(34)49-42)40-20-11-23-43-45(40)35-26-24-29-12-4-5-15-32(29)46(35)50-43/h1-28H. The highest BCUT2D eigenvalue weighted by Crippen LogP contribution is 2.50. The number of para-hydroxylation sites is 2. The van der Waals surface area contributed by atoms with Crippen molar-refractivity contribution in [3.8, 4) is 5.69 Å². The van der Waals surface area contributed by atoms with Gasteiger partial charge >= 0.3 is 0 Å². The van der Waals surface area contributed by atoms with E-state index in [1.807, 2.05) is 22.7 Å². The minimum absolute atomic E-state index is 1.14. The van der Waals surface area contributed by atoms with Gasteiger partial charge in [0.25, 0.3) is 0 Å². The van der Waals surface area contributed by atoms with Crippen LogP contribution in [-0.4, -0.2) is 4.57 Å². The minimum Gasteiger partial charge on any atom is -0.309 e. The Hall–Kier alpha value is -5.94. The quantitative estimate of drug-likeness (QED) is 0.181. The Morgan fingerprint density at radius 1 is 0.400 bits per heavy atom. The summed E-state index contributed by atoms with van der Waals surface area (Å²) >= 11 is 3.77. The first-order valence-corrected chi connectivity index (χ1v) is 18.6. The van der Waals surface area contributed by atoms with Gasteiger partial charge in [-0.2, -0.15) is 0 Å². The monoisotopic (exact) mass is 672 g/mol. The molecule has 0 atom stereocenters. The third-order valence-corrected chi connectivity index (χ3v) is 12.5. The van der Waals surface area contributed by atoms with Gasteiger partial charge in [0.15, 0.2) is 0 Å². The van der Waals surface area contributed by atoms with E-state index in [4.69, 9.17) is 0 Å². The summed E-state index contributed by atoms with van der Waals surface area (Å²) in [5.74, 6) is 0. The number of thiophene rings is 2. The summed E-state index contributed by atoms with van der Waals surface area (Å²) in [6.07, 6.45) is 0. The highest BCUT2D eigenvalue weighted by Gasteiger charge is 2.23. The molecule has 8 aromatic carbocycles. The molecule has 4 heteroatoms. The van der Waals surface area contributed by atoms with Gasteiger partial charge in [-0.3, -0.25) is 0 Å². The van der Waals surface area contributed by atoms with Crippen LogP contribution in [0.15, 0.2) is 170 Å². The van der Waals surface area contributed by atoms with E-state index in [0.717, 1.165) is 5.69 Å². The molecule has 234 valence electrons. The molecule has 0 amide bonds. The molecule has 0 radical (unpaired) electrons. The maximum absolute atomic E-state index is 2.53. The Balaban J connectivity index is 1.26. The lowest BCUT2D eigenvalue weighted by Crippen LogP contribution is -2.10. The lowest BCUT2D eigenvalue weighted by atomic mass is 10.0. The van der Waals surface area contributed by atoms with Crippen molar-refractivity contribution in [2.24, 2.45) is 0 Å². The van der Waals surface area contributed by atoms with Gasteiger partial charge in [0, 0.05) is 62.5 Å². The van der Waals surface area contributed by atoms with Crippen LogP contribution in [0.25, 0.3) is 78.6 Å². The van der Waals surface area contributed by atoms with E-state index < -0.39 is 0 Å². The van der Waals surface area contributed by atoms with Crippen molar-refractivity contribution >= 4 is 113 Å². The molecule has 2 nitrogen and oxygen atoms in total. The van der Waals surface area contributed by atoms with Gasteiger partial charge in [0.05, 0.1) is 22.4 Å². The smallest absolute Gasteiger partial charge is 0.0555 e. The molecule has 50 heavy (non-hydrogen) atoms. The number of aromatic nitrogens is 1. The van der Waals surface area contributed by atoms with Gasteiger partial charge in [0.1, 0.15) is 0 Å². The predicted molar refractivity (Wildman–Crippen MR) is 219 cm³/mol. The molecule has 3 aromatic heterocycles. The number of rotatable bonds is 4. The summed E-state index contributed by atoms with van der Waals surface area (Å²) in [5, 5.41) is 10.3. The van der Waals surface area contributed by atoms with Gasteiger partial charge < -0.3 is 9.47 Å². The molecule has 3 heterocycles. The molecule has 0 spiro atoms. The van der Waals surface area contributed by atoms with Crippen LogP contribution in [0.1, 0.15) is 0 Å². The molecule has 0 aliphatic rings. The van der Waals surface area contributed by atoms with Crippen LogP contribution in [0.5, 0.6) is 0 Å². The lowest BCUT2D eigenvalue weighted by Gasteiger charge is -2.27. The van der Waals surface area contributed by atoms with Crippen LogP contribution < -0.4 is 4.90 Å². The molecular weight excluding hydrogens is 645 g/mol. The van der Waals surface area contributed by atoms with Crippen molar-refractivity contribution < 1.29 is 0 Å². The average molecular weight is 673 g/mol. The van der Waals surface area contributed by atoms with E-state index in [-0.39, 0.29) is 0 Å². The summed E-state index contributed by atoms with van der Waals surface area (Å²) in [6, 6.07) is 62.4. The first kappa shape index (κ1) is 28.0. The first-order valence-electron chi connectivity index (χ1n) is 16.9.